The van der Waals surface area contributed by atoms with Gasteiger partial charge in [-0.2, -0.15) is 0 Å². The van der Waals surface area contributed by atoms with Gasteiger partial charge in [-0.1, -0.05) is 0 Å². The van der Waals surface area contributed by atoms with Gasteiger partial charge in [0.05, 0.1) is 17.4 Å². The lowest BCUT2D eigenvalue weighted by molar-refractivity contribution is 0.0117. The molecule has 1 fully saturated rings. The molecule has 1 atom stereocenters. The van der Waals surface area contributed by atoms with Crippen LogP contribution in [0.4, 0.5) is 8.78 Å². The van der Waals surface area contributed by atoms with Gasteiger partial charge in [0.25, 0.3) is 0 Å². The van der Waals surface area contributed by atoms with E-state index < -0.39 is 17.2 Å². The monoisotopic (exact) mass is 333 g/mol. The first-order valence-corrected chi connectivity index (χ1v) is 8.17. The number of hydrogen-bond acceptors (Lipinski definition) is 3. The summed E-state index contributed by atoms with van der Waals surface area (Å²) in [7, 11) is 0. The van der Waals surface area contributed by atoms with Crippen molar-refractivity contribution in [3.63, 3.8) is 0 Å². The van der Waals surface area contributed by atoms with Crippen LogP contribution in [0.3, 0.4) is 0 Å². The molecule has 3 nitrogen and oxygen atoms in total. The van der Waals surface area contributed by atoms with Crippen molar-refractivity contribution >= 4 is 0 Å². The van der Waals surface area contributed by atoms with Gasteiger partial charge in [0.2, 0.25) is 0 Å². The van der Waals surface area contributed by atoms with Gasteiger partial charge in [-0.3, -0.25) is 0 Å². The zero-order valence-corrected chi connectivity index (χ0v) is 13.9. The van der Waals surface area contributed by atoms with Gasteiger partial charge >= 0.3 is 0 Å². The van der Waals surface area contributed by atoms with E-state index in [1.807, 2.05) is 0 Å². The van der Waals surface area contributed by atoms with E-state index >= 15 is 0 Å². The first-order valence-electron chi connectivity index (χ1n) is 8.17. The van der Waals surface area contributed by atoms with Crippen molar-refractivity contribution in [3.05, 3.63) is 53.2 Å². The number of benzene rings is 1. The molecule has 1 aromatic heterocycles. The van der Waals surface area contributed by atoms with Gasteiger partial charge in [-0.25, -0.2) is 13.8 Å². The minimum Gasteiger partial charge on any atom is -0.386 e. The van der Waals surface area contributed by atoms with Crippen molar-refractivity contribution in [2.45, 2.75) is 44.8 Å². The Morgan fingerprint density at radius 2 is 1.88 bits per heavy atom. The highest BCUT2D eigenvalue weighted by Gasteiger charge is 2.28. The summed E-state index contributed by atoms with van der Waals surface area (Å²) in [6.07, 6.45) is 2.63. The number of ether oxygens (including phenoxy) is 1. The van der Waals surface area contributed by atoms with Crippen LogP contribution in [-0.2, 0) is 10.3 Å². The molecule has 2 aromatic rings. The molecule has 2 heterocycles. The van der Waals surface area contributed by atoms with Crippen LogP contribution in [0, 0.1) is 11.6 Å². The van der Waals surface area contributed by atoms with Crippen LogP contribution in [0.25, 0.3) is 11.3 Å². The molecule has 1 aliphatic rings. The second kappa shape index (κ2) is 6.57. The van der Waals surface area contributed by atoms with Crippen LogP contribution in [0.5, 0.6) is 0 Å². The first kappa shape index (κ1) is 17.0. The third-order valence-corrected chi connectivity index (χ3v) is 4.26. The molecule has 1 N–H and O–H groups in total. The molecular weight excluding hydrogens is 312 g/mol. The van der Waals surface area contributed by atoms with E-state index in [9.17, 15) is 13.9 Å². The number of hydrogen-bond donors (Lipinski definition) is 1. The molecule has 0 saturated carbocycles. The summed E-state index contributed by atoms with van der Waals surface area (Å²) < 4.78 is 33.9. The number of rotatable bonds is 3. The number of aromatic nitrogens is 1. The Hall–Kier alpha value is -1.85. The lowest BCUT2D eigenvalue weighted by atomic mass is 9.93. The predicted octanol–water partition coefficient (Wildman–Crippen LogP) is 4.50. The maximum absolute atomic E-state index is 14.9. The maximum atomic E-state index is 14.9. The fourth-order valence-corrected chi connectivity index (χ4v) is 2.93. The molecule has 128 valence electrons. The van der Waals surface area contributed by atoms with E-state index in [2.05, 4.69) is 4.98 Å². The van der Waals surface area contributed by atoms with Crippen molar-refractivity contribution in [1.29, 1.82) is 0 Å². The first-order chi connectivity index (χ1) is 11.4. The highest BCUT2D eigenvalue weighted by Crippen LogP contribution is 2.35. The zero-order valence-electron chi connectivity index (χ0n) is 13.9. The van der Waals surface area contributed by atoms with Crippen molar-refractivity contribution in [3.8, 4) is 11.3 Å². The van der Waals surface area contributed by atoms with Crippen LogP contribution >= 0.6 is 0 Å². The lowest BCUT2D eigenvalue weighted by Crippen LogP contribution is -2.21. The lowest BCUT2D eigenvalue weighted by Gasteiger charge is -2.26. The van der Waals surface area contributed by atoms with E-state index in [0.29, 0.717) is 17.9 Å². The predicted molar refractivity (Wildman–Crippen MR) is 87.4 cm³/mol. The molecule has 1 aromatic carbocycles. The molecule has 0 radical (unpaired) electrons. The third-order valence-electron chi connectivity index (χ3n) is 4.26. The summed E-state index contributed by atoms with van der Waals surface area (Å²) in [6, 6.07) is 7.09. The van der Waals surface area contributed by atoms with Crippen LogP contribution in [0.1, 0.15) is 50.5 Å². The summed E-state index contributed by atoms with van der Waals surface area (Å²) in [5.41, 5.74) is -0.00463. The average Bonchev–Trinajstić information content (AvgIpc) is 2.56. The summed E-state index contributed by atoms with van der Waals surface area (Å²) in [6.45, 7) is 3.71. The molecule has 24 heavy (non-hydrogen) atoms. The standard InChI is InChI=1S/C19H21F2NO2/c1-19(2,23)14-11-15(16-5-3-4-10-24-16)22-18(17(14)21)12-6-8-13(20)9-7-12/h6-9,11,16,23H,3-5,10H2,1-2H3. The van der Waals surface area contributed by atoms with Crippen molar-refractivity contribution in [2.24, 2.45) is 0 Å². The Morgan fingerprint density at radius 1 is 1.17 bits per heavy atom. The smallest absolute Gasteiger partial charge is 0.155 e. The zero-order chi connectivity index (χ0) is 17.3. The molecule has 0 amide bonds. The van der Waals surface area contributed by atoms with Crippen molar-refractivity contribution in [1.82, 2.24) is 4.98 Å². The molecule has 0 aliphatic carbocycles. The van der Waals surface area contributed by atoms with Gasteiger partial charge in [0, 0.05) is 17.7 Å². The summed E-state index contributed by atoms with van der Waals surface area (Å²) in [4.78, 5) is 4.44. The Morgan fingerprint density at radius 3 is 2.46 bits per heavy atom. The molecule has 1 aliphatic heterocycles. The highest BCUT2D eigenvalue weighted by molar-refractivity contribution is 5.61. The van der Waals surface area contributed by atoms with Crippen LogP contribution in [0.2, 0.25) is 0 Å². The number of pyridine rings is 1. The Kier molecular flexibility index (Phi) is 4.65. The largest absolute Gasteiger partial charge is 0.386 e. The quantitative estimate of drug-likeness (QED) is 0.899. The molecule has 3 rings (SSSR count). The molecular formula is C19H21F2NO2. The second-order valence-electron chi connectivity index (χ2n) is 6.68. The minimum absolute atomic E-state index is 0.110. The van der Waals surface area contributed by atoms with Gasteiger partial charge in [-0.05, 0) is 63.4 Å². The summed E-state index contributed by atoms with van der Waals surface area (Å²) >= 11 is 0. The Labute approximate surface area is 140 Å². The van der Waals surface area contributed by atoms with Gasteiger partial charge < -0.3 is 9.84 Å². The van der Waals surface area contributed by atoms with Crippen LogP contribution < -0.4 is 0 Å². The van der Waals surface area contributed by atoms with E-state index in [0.717, 1.165) is 19.3 Å². The molecule has 0 spiro atoms. The van der Waals surface area contributed by atoms with Crippen molar-refractivity contribution < 1.29 is 18.6 Å². The Bertz CT molecular complexity index is 717. The maximum Gasteiger partial charge on any atom is 0.155 e. The summed E-state index contributed by atoms with van der Waals surface area (Å²) in [5.74, 6) is -0.984. The normalized spacial score (nSPS) is 18.6. The molecule has 0 bridgehead atoms. The minimum atomic E-state index is -1.36. The highest BCUT2D eigenvalue weighted by atomic mass is 19.1. The van der Waals surface area contributed by atoms with Gasteiger partial charge in [0.15, 0.2) is 5.82 Å². The number of halogens is 2. The topological polar surface area (TPSA) is 42.4 Å². The fraction of sp³-hybridized carbons (Fsp3) is 0.421. The van der Waals surface area contributed by atoms with E-state index in [4.69, 9.17) is 4.74 Å². The number of aliphatic hydroxyl groups is 1. The SMILES string of the molecule is CC(C)(O)c1cc(C2CCCCO2)nc(-c2ccc(F)cc2)c1F. The Balaban J connectivity index is 2.14. The summed E-state index contributed by atoms with van der Waals surface area (Å²) in [5, 5.41) is 10.3. The third kappa shape index (κ3) is 3.47. The average molecular weight is 333 g/mol. The fourth-order valence-electron chi connectivity index (χ4n) is 2.93. The van der Waals surface area contributed by atoms with Gasteiger partial charge in [0.1, 0.15) is 11.5 Å². The van der Waals surface area contributed by atoms with Gasteiger partial charge in [-0.15, -0.1) is 0 Å². The molecule has 1 saturated heterocycles. The van der Waals surface area contributed by atoms with Crippen LogP contribution in [0.15, 0.2) is 30.3 Å². The second-order valence-corrected chi connectivity index (χ2v) is 6.68. The molecule has 5 heteroatoms. The van der Waals surface area contributed by atoms with E-state index in [-0.39, 0.29) is 17.4 Å². The van der Waals surface area contributed by atoms with Crippen molar-refractivity contribution in [2.75, 3.05) is 6.61 Å². The van der Waals surface area contributed by atoms with Crippen LogP contribution in [-0.4, -0.2) is 16.7 Å². The van der Waals surface area contributed by atoms with E-state index in [1.54, 1.807) is 6.07 Å². The molecule has 1 unspecified atom stereocenters. The van der Waals surface area contributed by atoms with E-state index in [1.165, 1.54) is 38.1 Å². The number of nitrogens with zero attached hydrogens (tertiary/aromatic N) is 1.